The summed E-state index contributed by atoms with van der Waals surface area (Å²) in [6, 6.07) is 2.39. The fraction of sp³-hybridized carbons (Fsp3) is 0.533. The molecule has 0 bridgehead atoms. The SMILES string of the molecule is CC(C)(C)OC(=O)Nc1c(F)cc(N2CCOCC2)cc1F. The lowest BCUT2D eigenvalue weighted by Gasteiger charge is -2.29. The van der Waals surface area contributed by atoms with Gasteiger partial charge < -0.3 is 14.4 Å². The number of ether oxygens (including phenoxy) is 2. The number of benzene rings is 1. The Labute approximate surface area is 128 Å². The van der Waals surface area contributed by atoms with Gasteiger partial charge in [0.25, 0.3) is 0 Å². The molecule has 122 valence electrons. The van der Waals surface area contributed by atoms with Gasteiger partial charge in [-0.3, -0.25) is 5.32 Å². The van der Waals surface area contributed by atoms with Gasteiger partial charge in [0.05, 0.1) is 13.2 Å². The molecule has 0 saturated carbocycles. The summed E-state index contributed by atoms with van der Waals surface area (Å²) >= 11 is 0. The van der Waals surface area contributed by atoms with Crippen molar-refractivity contribution < 1.29 is 23.0 Å². The fourth-order valence-electron chi connectivity index (χ4n) is 2.09. The molecular weight excluding hydrogens is 294 g/mol. The van der Waals surface area contributed by atoms with Crippen LogP contribution in [0.5, 0.6) is 0 Å². The van der Waals surface area contributed by atoms with Gasteiger partial charge in [-0.15, -0.1) is 0 Å². The van der Waals surface area contributed by atoms with Crippen molar-refractivity contribution in [3.63, 3.8) is 0 Å². The second kappa shape index (κ2) is 6.48. The van der Waals surface area contributed by atoms with Crippen LogP contribution in [-0.4, -0.2) is 38.0 Å². The first-order valence-electron chi connectivity index (χ1n) is 7.08. The van der Waals surface area contributed by atoms with E-state index in [0.717, 1.165) is 0 Å². The number of halogens is 2. The Morgan fingerprint density at radius 2 is 1.77 bits per heavy atom. The summed E-state index contributed by atoms with van der Waals surface area (Å²) in [4.78, 5) is 13.5. The van der Waals surface area contributed by atoms with Crippen molar-refractivity contribution >= 4 is 17.5 Å². The van der Waals surface area contributed by atoms with E-state index >= 15 is 0 Å². The molecule has 1 aromatic rings. The average molecular weight is 314 g/mol. The Kier molecular flexibility index (Phi) is 4.85. The van der Waals surface area contributed by atoms with Crippen LogP contribution in [-0.2, 0) is 9.47 Å². The summed E-state index contributed by atoms with van der Waals surface area (Å²) in [6.07, 6.45) is -0.899. The van der Waals surface area contributed by atoms with E-state index in [1.807, 2.05) is 4.90 Å². The molecule has 1 aliphatic heterocycles. The molecule has 0 aromatic heterocycles. The molecular formula is C15H20F2N2O3. The van der Waals surface area contributed by atoms with Crippen LogP contribution in [0.4, 0.5) is 25.0 Å². The molecule has 1 fully saturated rings. The minimum Gasteiger partial charge on any atom is -0.444 e. The van der Waals surface area contributed by atoms with Crippen molar-refractivity contribution in [3.05, 3.63) is 23.8 Å². The van der Waals surface area contributed by atoms with E-state index in [0.29, 0.717) is 32.0 Å². The monoisotopic (exact) mass is 314 g/mol. The number of nitrogens with zero attached hydrogens (tertiary/aromatic N) is 1. The second-order valence-corrected chi connectivity index (χ2v) is 6.01. The van der Waals surface area contributed by atoms with Crippen LogP contribution >= 0.6 is 0 Å². The summed E-state index contributed by atoms with van der Waals surface area (Å²) in [7, 11) is 0. The molecule has 1 aromatic carbocycles. The molecule has 2 rings (SSSR count). The Hall–Kier alpha value is -1.89. The number of anilines is 2. The van der Waals surface area contributed by atoms with Gasteiger partial charge in [-0.1, -0.05) is 0 Å². The molecule has 1 heterocycles. The summed E-state index contributed by atoms with van der Waals surface area (Å²) < 4.78 is 38.4. The number of carbonyl (C=O) groups is 1. The first-order chi connectivity index (χ1) is 10.3. The molecule has 22 heavy (non-hydrogen) atoms. The minimum absolute atomic E-state index is 0.424. The minimum atomic E-state index is -0.899. The molecule has 0 aliphatic carbocycles. The summed E-state index contributed by atoms with van der Waals surface area (Å²) in [5, 5.41) is 2.11. The predicted molar refractivity (Wildman–Crippen MR) is 79.2 cm³/mol. The van der Waals surface area contributed by atoms with Gasteiger partial charge in [-0.05, 0) is 32.9 Å². The molecule has 0 unspecified atom stereocenters. The largest absolute Gasteiger partial charge is 0.444 e. The lowest BCUT2D eigenvalue weighted by molar-refractivity contribution is 0.0634. The zero-order valence-corrected chi connectivity index (χ0v) is 12.9. The highest BCUT2D eigenvalue weighted by atomic mass is 19.1. The zero-order chi connectivity index (χ0) is 16.3. The smallest absolute Gasteiger partial charge is 0.412 e. The van der Waals surface area contributed by atoms with E-state index in [-0.39, 0.29) is 0 Å². The first kappa shape index (κ1) is 16.5. The van der Waals surface area contributed by atoms with Gasteiger partial charge in [0, 0.05) is 18.8 Å². The Bertz CT molecular complexity index is 529. The number of amides is 1. The van der Waals surface area contributed by atoms with Gasteiger partial charge in [-0.25, -0.2) is 13.6 Å². The van der Waals surface area contributed by atoms with Gasteiger partial charge >= 0.3 is 6.09 Å². The van der Waals surface area contributed by atoms with Crippen molar-refractivity contribution in [1.82, 2.24) is 0 Å². The third-order valence-electron chi connectivity index (χ3n) is 3.03. The van der Waals surface area contributed by atoms with E-state index < -0.39 is 29.0 Å². The van der Waals surface area contributed by atoms with Crippen LogP contribution < -0.4 is 10.2 Å². The number of carbonyl (C=O) groups excluding carboxylic acids is 1. The number of hydrogen-bond acceptors (Lipinski definition) is 4. The van der Waals surface area contributed by atoms with Gasteiger partial charge in [0.15, 0.2) is 11.6 Å². The quantitative estimate of drug-likeness (QED) is 0.911. The Morgan fingerprint density at radius 3 is 2.27 bits per heavy atom. The zero-order valence-electron chi connectivity index (χ0n) is 12.9. The highest BCUT2D eigenvalue weighted by Crippen LogP contribution is 2.27. The van der Waals surface area contributed by atoms with Crippen LogP contribution in [0.1, 0.15) is 20.8 Å². The standard InChI is InChI=1S/C15H20F2N2O3/c1-15(2,3)22-14(20)18-13-11(16)8-10(9-12(13)17)19-4-6-21-7-5-19/h8-9H,4-7H2,1-3H3,(H,18,20). The number of nitrogens with one attached hydrogen (secondary N) is 1. The highest BCUT2D eigenvalue weighted by Gasteiger charge is 2.21. The van der Waals surface area contributed by atoms with Crippen LogP contribution in [0.3, 0.4) is 0 Å². The fourth-order valence-corrected chi connectivity index (χ4v) is 2.09. The lowest BCUT2D eigenvalue weighted by atomic mass is 10.2. The molecule has 7 heteroatoms. The second-order valence-electron chi connectivity index (χ2n) is 6.01. The molecule has 1 amide bonds. The predicted octanol–water partition coefficient (Wildman–Crippen LogP) is 3.15. The van der Waals surface area contributed by atoms with Crippen molar-refractivity contribution in [2.24, 2.45) is 0 Å². The van der Waals surface area contributed by atoms with E-state index in [1.54, 1.807) is 20.8 Å². The third kappa shape index (κ3) is 4.30. The highest BCUT2D eigenvalue weighted by molar-refractivity contribution is 5.85. The molecule has 1 saturated heterocycles. The van der Waals surface area contributed by atoms with Crippen LogP contribution in [0.15, 0.2) is 12.1 Å². The molecule has 1 aliphatic rings. The van der Waals surface area contributed by atoms with Gasteiger partial charge in [-0.2, -0.15) is 0 Å². The maximum absolute atomic E-state index is 14.1. The van der Waals surface area contributed by atoms with Crippen LogP contribution in [0, 0.1) is 11.6 Å². The van der Waals surface area contributed by atoms with Crippen molar-refractivity contribution in [1.29, 1.82) is 0 Å². The molecule has 1 N–H and O–H groups in total. The van der Waals surface area contributed by atoms with Crippen molar-refractivity contribution in [2.75, 3.05) is 36.5 Å². The van der Waals surface area contributed by atoms with E-state index in [2.05, 4.69) is 5.32 Å². The van der Waals surface area contributed by atoms with Gasteiger partial charge in [0.2, 0.25) is 0 Å². The third-order valence-corrected chi connectivity index (χ3v) is 3.03. The molecule has 0 spiro atoms. The molecule has 0 radical (unpaired) electrons. The molecule has 5 nitrogen and oxygen atoms in total. The van der Waals surface area contributed by atoms with Crippen molar-refractivity contribution in [3.8, 4) is 0 Å². The van der Waals surface area contributed by atoms with Gasteiger partial charge in [0.1, 0.15) is 11.3 Å². The number of rotatable bonds is 2. The summed E-state index contributed by atoms with van der Waals surface area (Å²) in [5.41, 5.74) is -0.829. The Morgan fingerprint density at radius 1 is 1.23 bits per heavy atom. The number of morpholine rings is 1. The summed E-state index contributed by atoms with van der Waals surface area (Å²) in [6.45, 7) is 7.17. The average Bonchev–Trinajstić information content (AvgIpc) is 2.41. The van der Waals surface area contributed by atoms with Crippen LogP contribution in [0.2, 0.25) is 0 Å². The molecule has 0 atom stereocenters. The van der Waals surface area contributed by atoms with Crippen LogP contribution in [0.25, 0.3) is 0 Å². The van der Waals surface area contributed by atoms with E-state index in [1.165, 1.54) is 12.1 Å². The maximum Gasteiger partial charge on any atom is 0.412 e. The normalized spacial score (nSPS) is 15.6. The van der Waals surface area contributed by atoms with E-state index in [4.69, 9.17) is 9.47 Å². The maximum atomic E-state index is 14.1. The first-order valence-corrected chi connectivity index (χ1v) is 7.08. The number of hydrogen-bond donors (Lipinski definition) is 1. The van der Waals surface area contributed by atoms with E-state index in [9.17, 15) is 13.6 Å². The Balaban J connectivity index is 2.14. The topological polar surface area (TPSA) is 50.8 Å². The summed E-state index contributed by atoms with van der Waals surface area (Å²) in [5.74, 6) is -1.68. The van der Waals surface area contributed by atoms with Crippen molar-refractivity contribution in [2.45, 2.75) is 26.4 Å². The lowest BCUT2D eigenvalue weighted by Crippen LogP contribution is -2.36.